The highest BCUT2D eigenvalue weighted by molar-refractivity contribution is 7.98. The topological polar surface area (TPSA) is 71.0 Å². The normalized spacial score (nSPS) is 13.8. The lowest BCUT2D eigenvalue weighted by atomic mass is 10.1. The first-order chi connectivity index (χ1) is 15.2. The Labute approximate surface area is 191 Å². The molecule has 1 N–H and O–H groups in total. The van der Waals surface area contributed by atoms with Crippen molar-refractivity contribution in [3.8, 4) is 0 Å². The number of aromatic nitrogens is 3. The highest BCUT2D eigenvalue weighted by Gasteiger charge is 2.14. The molecular formula is C23H24ClN5OS. The summed E-state index contributed by atoms with van der Waals surface area (Å²) < 4.78 is 0. The van der Waals surface area contributed by atoms with E-state index in [1.54, 1.807) is 18.0 Å². The number of halogens is 1. The summed E-state index contributed by atoms with van der Waals surface area (Å²) in [6, 6.07) is 15.1. The second kappa shape index (κ2) is 10.6. The Hall–Kier alpha value is -2.64. The lowest BCUT2D eigenvalue weighted by Gasteiger charge is -2.27. The summed E-state index contributed by atoms with van der Waals surface area (Å²) in [5.74, 6) is 1.49. The minimum atomic E-state index is -0.116. The number of piperidine rings is 1. The first-order valence-corrected chi connectivity index (χ1v) is 11.7. The molecule has 4 rings (SSSR count). The van der Waals surface area contributed by atoms with E-state index in [1.165, 1.54) is 19.3 Å². The molecule has 0 spiro atoms. The molecule has 0 unspecified atom stereocenters. The molecule has 2 aromatic heterocycles. The van der Waals surface area contributed by atoms with Gasteiger partial charge >= 0.3 is 0 Å². The van der Waals surface area contributed by atoms with Crippen LogP contribution in [0.4, 0.5) is 5.82 Å². The van der Waals surface area contributed by atoms with E-state index in [4.69, 9.17) is 16.6 Å². The number of anilines is 1. The van der Waals surface area contributed by atoms with Gasteiger partial charge in [-0.25, -0.2) is 9.97 Å². The first kappa shape index (κ1) is 21.6. The number of hydrogen-bond acceptors (Lipinski definition) is 6. The zero-order chi connectivity index (χ0) is 21.5. The summed E-state index contributed by atoms with van der Waals surface area (Å²) in [7, 11) is 0. The van der Waals surface area contributed by atoms with Gasteiger partial charge in [0.05, 0.1) is 12.2 Å². The average molecular weight is 454 g/mol. The van der Waals surface area contributed by atoms with E-state index < -0.39 is 0 Å². The number of hydrogen-bond donors (Lipinski definition) is 1. The van der Waals surface area contributed by atoms with Crippen LogP contribution in [0.25, 0.3) is 0 Å². The van der Waals surface area contributed by atoms with Gasteiger partial charge in [0.15, 0.2) is 5.16 Å². The molecule has 3 heterocycles. The molecule has 6 nitrogen and oxygen atoms in total. The molecule has 1 amide bonds. The van der Waals surface area contributed by atoms with Crippen LogP contribution in [0.15, 0.2) is 59.9 Å². The Balaban J connectivity index is 1.33. The number of nitrogens with one attached hydrogen (secondary N) is 1. The standard InChI is InChI=1S/C23H24ClN5OS/c24-20-14-21(29-12-4-1-5-13-29)28-23(27-20)31-16-17-7-9-18(10-8-17)22(30)26-15-19-6-2-3-11-25-19/h2-3,6-11,14H,1,4-5,12-13,15-16H2,(H,26,30). The summed E-state index contributed by atoms with van der Waals surface area (Å²) in [5.41, 5.74) is 2.54. The predicted molar refractivity (Wildman–Crippen MR) is 125 cm³/mol. The van der Waals surface area contributed by atoms with E-state index in [0.29, 0.717) is 28.2 Å². The van der Waals surface area contributed by atoms with Gasteiger partial charge in [-0.05, 0) is 49.1 Å². The Morgan fingerprint density at radius 2 is 1.87 bits per heavy atom. The Kier molecular flexibility index (Phi) is 7.38. The third-order valence-electron chi connectivity index (χ3n) is 5.08. The maximum absolute atomic E-state index is 12.4. The monoisotopic (exact) mass is 453 g/mol. The van der Waals surface area contributed by atoms with Crippen LogP contribution < -0.4 is 10.2 Å². The number of carbonyl (C=O) groups is 1. The number of thioether (sulfide) groups is 1. The van der Waals surface area contributed by atoms with Crippen molar-refractivity contribution in [1.82, 2.24) is 20.3 Å². The largest absolute Gasteiger partial charge is 0.356 e. The van der Waals surface area contributed by atoms with Gasteiger partial charge in [-0.1, -0.05) is 41.6 Å². The zero-order valence-corrected chi connectivity index (χ0v) is 18.7. The van der Waals surface area contributed by atoms with Gasteiger partial charge in [-0.15, -0.1) is 0 Å². The number of pyridine rings is 1. The van der Waals surface area contributed by atoms with E-state index in [-0.39, 0.29) is 5.91 Å². The Morgan fingerprint density at radius 3 is 2.61 bits per heavy atom. The SMILES string of the molecule is O=C(NCc1ccccn1)c1ccc(CSc2nc(Cl)cc(N3CCCCC3)n2)cc1. The molecule has 0 bridgehead atoms. The van der Waals surface area contributed by atoms with Crippen molar-refractivity contribution in [2.45, 2.75) is 36.7 Å². The average Bonchev–Trinajstić information content (AvgIpc) is 2.82. The van der Waals surface area contributed by atoms with E-state index in [1.807, 2.05) is 48.5 Å². The van der Waals surface area contributed by atoms with E-state index >= 15 is 0 Å². The summed E-state index contributed by atoms with van der Waals surface area (Å²) in [6.45, 7) is 2.44. The third-order valence-corrected chi connectivity index (χ3v) is 6.19. The van der Waals surface area contributed by atoms with Crippen molar-refractivity contribution in [1.29, 1.82) is 0 Å². The van der Waals surface area contributed by atoms with Crippen molar-refractivity contribution in [2.75, 3.05) is 18.0 Å². The predicted octanol–water partition coefficient (Wildman–Crippen LogP) is 4.74. The molecule has 31 heavy (non-hydrogen) atoms. The van der Waals surface area contributed by atoms with Crippen LogP contribution in [0.2, 0.25) is 5.15 Å². The van der Waals surface area contributed by atoms with Crippen LogP contribution in [0.3, 0.4) is 0 Å². The molecule has 8 heteroatoms. The summed E-state index contributed by atoms with van der Waals surface area (Å²) in [6.07, 6.45) is 5.36. The molecule has 0 aliphatic carbocycles. The molecule has 1 aliphatic rings. The molecule has 160 valence electrons. The smallest absolute Gasteiger partial charge is 0.251 e. The summed E-state index contributed by atoms with van der Waals surface area (Å²) >= 11 is 7.79. The Bertz CT molecular complexity index is 1010. The molecule has 1 saturated heterocycles. The van der Waals surface area contributed by atoms with E-state index in [9.17, 15) is 4.79 Å². The van der Waals surface area contributed by atoms with Crippen molar-refractivity contribution in [2.24, 2.45) is 0 Å². The number of amides is 1. The summed E-state index contributed by atoms with van der Waals surface area (Å²) in [5, 5.41) is 4.03. The molecule has 1 aliphatic heterocycles. The number of nitrogens with zero attached hydrogens (tertiary/aromatic N) is 4. The molecule has 0 radical (unpaired) electrons. The van der Waals surface area contributed by atoms with Crippen molar-refractivity contribution < 1.29 is 4.79 Å². The van der Waals surface area contributed by atoms with Gasteiger partial charge in [-0.3, -0.25) is 9.78 Å². The van der Waals surface area contributed by atoms with E-state index in [2.05, 4.69) is 20.2 Å². The second-order valence-electron chi connectivity index (χ2n) is 7.37. The fourth-order valence-electron chi connectivity index (χ4n) is 3.41. The highest BCUT2D eigenvalue weighted by atomic mass is 35.5. The van der Waals surface area contributed by atoms with Crippen LogP contribution in [0.5, 0.6) is 0 Å². The lowest BCUT2D eigenvalue weighted by Crippen LogP contribution is -2.30. The molecule has 1 aromatic carbocycles. The van der Waals surface area contributed by atoms with Crippen molar-refractivity contribution in [3.63, 3.8) is 0 Å². The van der Waals surface area contributed by atoms with Gasteiger partial charge in [0.1, 0.15) is 11.0 Å². The fourth-order valence-corrected chi connectivity index (χ4v) is 4.45. The van der Waals surface area contributed by atoms with Gasteiger partial charge < -0.3 is 10.2 Å². The molecule has 3 aromatic rings. The minimum Gasteiger partial charge on any atom is -0.356 e. The molecule has 0 atom stereocenters. The van der Waals surface area contributed by atoms with Crippen LogP contribution in [-0.2, 0) is 12.3 Å². The zero-order valence-electron chi connectivity index (χ0n) is 17.1. The number of carbonyl (C=O) groups excluding carboxylic acids is 1. The third kappa shape index (κ3) is 6.18. The number of benzene rings is 1. The minimum absolute atomic E-state index is 0.116. The summed E-state index contributed by atoms with van der Waals surface area (Å²) in [4.78, 5) is 27.9. The first-order valence-electron chi connectivity index (χ1n) is 10.4. The second-order valence-corrected chi connectivity index (χ2v) is 8.70. The molecule has 0 saturated carbocycles. The Morgan fingerprint density at radius 1 is 1.06 bits per heavy atom. The van der Waals surface area contributed by atoms with Gasteiger partial charge in [-0.2, -0.15) is 0 Å². The maximum Gasteiger partial charge on any atom is 0.251 e. The van der Waals surface area contributed by atoms with E-state index in [0.717, 1.165) is 30.2 Å². The van der Waals surface area contributed by atoms with Gasteiger partial charge in [0.25, 0.3) is 5.91 Å². The maximum atomic E-state index is 12.4. The fraction of sp³-hybridized carbons (Fsp3) is 0.304. The van der Waals surface area contributed by atoms with Crippen LogP contribution >= 0.6 is 23.4 Å². The molecular weight excluding hydrogens is 430 g/mol. The van der Waals surface area contributed by atoms with Gasteiger partial charge in [0, 0.05) is 36.7 Å². The highest BCUT2D eigenvalue weighted by Crippen LogP contribution is 2.26. The van der Waals surface area contributed by atoms with Gasteiger partial charge in [0.2, 0.25) is 0 Å². The van der Waals surface area contributed by atoms with Crippen molar-refractivity contribution in [3.05, 3.63) is 76.7 Å². The van der Waals surface area contributed by atoms with Crippen LogP contribution in [0, 0.1) is 0 Å². The van der Waals surface area contributed by atoms with Crippen LogP contribution in [-0.4, -0.2) is 33.9 Å². The molecule has 1 fully saturated rings. The lowest BCUT2D eigenvalue weighted by molar-refractivity contribution is 0.0950. The van der Waals surface area contributed by atoms with Crippen molar-refractivity contribution >= 4 is 35.1 Å². The quantitative estimate of drug-likeness (QED) is 0.316. The van der Waals surface area contributed by atoms with Crippen LogP contribution in [0.1, 0.15) is 40.9 Å². The number of rotatable bonds is 7.